The Hall–Kier alpha value is -1.61. The monoisotopic (exact) mass is 418 g/mol. The van der Waals surface area contributed by atoms with Crippen LogP contribution in [-0.2, 0) is 4.79 Å². The van der Waals surface area contributed by atoms with Crippen LogP contribution in [0.15, 0.2) is 57.2 Å². The molecule has 0 saturated heterocycles. The average molecular weight is 419 g/mol. The lowest BCUT2D eigenvalue weighted by Gasteiger charge is -2.09. The highest BCUT2D eigenvalue weighted by molar-refractivity contribution is 8.02. The number of thioether (sulfide) groups is 2. The molecule has 2 aromatic heterocycles. The lowest BCUT2D eigenvalue weighted by atomic mass is 10.2. The molecular weight excluding hydrogens is 404 g/mol. The van der Waals surface area contributed by atoms with Crippen molar-refractivity contribution in [1.29, 1.82) is 0 Å². The Morgan fingerprint density at radius 1 is 0.885 bits per heavy atom. The molecule has 4 nitrogen and oxygen atoms in total. The molecule has 2 heterocycles. The van der Waals surface area contributed by atoms with Gasteiger partial charge in [-0.3, -0.25) is 4.79 Å². The number of hydrogen-bond donors (Lipinski definition) is 1. The summed E-state index contributed by atoms with van der Waals surface area (Å²) in [7, 11) is 0. The number of carboxylic acids is 1. The van der Waals surface area contributed by atoms with Crippen molar-refractivity contribution in [2.24, 2.45) is 5.92 Å². The van der Waals surface area contributed by atoms with Gasteiger partial charge >= 0.3 is 5.97 Å². The molecule has 2 aromatic carbocycles. The van der Waals surface area contributed by atoms with Crippen LogP contribution in [0.4, 0.5) is 0 Å². The van der Waals surface area contributed by atoms with E-state index in [9.17, 15) is 9.90 Å². The summed E-state index contributed by atoms with van der Waals surface area (Å²) in [6, 6.07) is 15.9. The second-order valence-corrected chi connectivity index (χ2v) is 10.1. The van der Waals surface area contributed by atoms with E-state index in [2.05, 4.69) is 9.97 Å². The maximum absolute atomic E-state index is 11.6. The Morgan fingerprint density at radius 2 is 1.35 bits per heavy atom. The largest absolute Gasteiger partial charge is 0.481 e. The summed E-state index contributed by atoms with van der Waals surface area (Å²) in [6.07, 6.45) is 0. The van der Waals surface area contributed by atoms with Crippen molar-refractivity contribution in [1.82, 2.24) is 9.97 Å². The van der Waals surface area contributed by atoms with E-state index >= 15 is 0 Å². The number of para-hydroxylation sites is 2. The van der Waals surface area contributed by atoms with Crippen LogP contribution in [0, 0.1) is 5.92 Å². The van der Waals surface area contributed by atoms with Crippen molar-refractivity contribution in [3.8, 4) is 0 Å². The van der Waals surface area contributed by atoms with Crippen LogP contribution in [0.3, 0.4) is 0 Å². The zero-order valence-electron chi connectivity index (χ0n) is 13.5. The number of carboxylic acid groups (broad SMARTS) is 1. The van der Waals surface area contributed by atoms with Crippen LogP contribution in [0.5, 0.6) is 0 Å². The Kier molecular flexibility index (Phi) is 5.44. The van der Waals surface area contributed by atoms with E-state index in [1.807, 2.05) is 48.5 Å². The molecule has 0 radical (unpaired) electrons. The number of hydrogen-bond acceptors (Lipinski definition) is 7. The van der Waals surface area contributed by atoms with E-state index in [1.54, 1.807) is 22.7 Å². The normalized spacial score (nSPS) is 11.6. The van der Waals surface area contributed by atoms with Gasteiger partial charge in [0.05, 0.1) is 26.4 Å². The smallest absolute Gasteiger partial charge is 0.308 e. The van der Waals surface area contributed by atoms with Crippen LogP contribution in [0.2, 0.25) is 0 Å². The van der Waals surface area contributed by atoms with Crippen molar-refractivity contribution in [2.45, 2.75) is 8.68 Å². The highest BCUT2D eigenvalue weighted by atomic mass is 32.2. The highest BCUT2D eigenvalue weighted by Crippen LogP contribution is 2.33. The first-order chi connectivity index (χ1) is 12.7. The summed E-state index contributed by atoms with van der Waals surface area (Å²) >= 11 is 6.26. The van der Waals surface area contributed by atoms with Crippen molar-refractivity contribution >= 4 is 72.6 Å². The molecular formula is C18H14N2O2S4. The van der Waals surface area contributed by atoms with Gasteiger partial charge in [-0.05, 0) is 24.3 Å². The van der Waals surface area contributed by atoms with Crippen molar-refractivity contribution in [3.63, 3.8) is 0 Å². The minimum Gasteiger partial charge on any atom is -0.481 e. The quantitative estimate of drug-likeness (QED) is 0.400. The first kappa shape index (κ1) is 17.8. The Morgan fingerprint density at radius 3 is 1.77 bits per heavy atom. The lowest BCUT2D eigenvalue weighted by Crippen LogP contribution is -2.18. The third-order valence-corrected chi connectivity index (χ3v) is 8.40. The molecule has 8 heteroatoms. The van der Waals surface area contributed by atoms with E-state index < -0.39 is 11.9 Å². The van der Waals surface area contributed by atoms with Gasteiger partial charge in [0, 0.05) is 11.5 Å². The number of fused-ring (bicyclic) bond motifs is 2. The maximum atomic E-state index is 11.6. The molecule has 0 aliphatic carbocycles. The molecule has 0 fully saturated rings. The van der Waals surface area contributed by atoms with E-state index in [0.717, 1.165) is 29.1 Å². The van der Waals surface area contributed by atoms with Gasteiger partial charge in [0.25, 0.3) is 0 Å². The predicted octanol–water partition coefficient (Wildman–Crippen LogP) is 5.49. The molecule has 1 N–H and O–H groups in total. The van der Waals surface area contributed by atoms with Crippen molar-refractivity contribution in [2.75, 3.05) is 11.5 Å². The van der Waals surface area contributed by atoms with E-state index in [-0.39, 0.29) is 0 Å². The summed E-state index contributed by atoms with van der Waals surface area (Å²) in [4.78, 5) is 20.8. The fraction of sp³-hybridized carbons (Fsp3) is 0.167. The van der Waals surface area contributed by atoms with E-state index in [1.165, 1.54) is 23.5 Å². The van der Waals surface area contributed by atoms with Gasteiger partial charge in [0.2, 0.25) is 0 Å². The lowest BCUT2D eigenvalue weighted by molar-refractivity contribution is -0.140. The third kappa shape index (κ3) is 4.03. The van der Waals surface area contributed by atoms with Gasteiger partial charge in [-0.25, -0.2) is 9.97 Å². The maximum Gasteiger partial charge on any atom is 0.308 e. The van der Waals surface area contributed by atoms with Gasteiger partial charge in [0.15, 0.2) is 8.68 Å². The van der Waals surface area contributed by atoms with E-state index in [0.29, 0.717) is 11.5 Å². The van der Waals surface area contributed by atoms with Crippen LogP contribution < -0.4 is 0 Å². The molecule has 0 amide bonds. The molecule has 0 spiro atoms. The fourth-order valence-electron chi connectivity index (χ4n) is 2.36. The Balaban J connectivity index is 1.39. The number of benzene rings is 2. The summed E-state index contributed by atoms with van der Waals surface area (Å²) in [5.74, 6) is -0.198. The zero-order chi connectivity index (χ0) is 17.9. The molecule has 0 unspecified atom stereocenters. The molecule has 0 bridgehead atoms. The second-order valence-electron chi connectivity index (χ2n) is 5.55. The number of carbonyl (C=O) groups is 1. The molecule has 0 aliphatic rings. The molecule has 26 heavy (non-hydrogen) atoms. The molecule has 0 aliphatic heterocycles. The highest BCUT2D eigenvalue weighted by Gasteiger charge is 2.20. The topological polar surface area (TPSA) is 63.1 Å². The summed E-state index contributed by atoms with van der Waals surface area (Å²) < 4.78 is 4.10. The van der Waals surface area contributed by atoms with Gasteiger partial charge in [-0.2, -0.15) is 0 Å². The molecule has 4 aromatic rings. The summed E-state index contributed by atoms with van der Waals surface area (Å²) in [5.41, 5.74) is 1.94. The minimum atomic E-state index is -0.771. The van der Waals surface area contributed by atoms with Crippen LogP contribution in [0.25, 0.3) is 20.4 Å². The fourth-order valence-corrected chi connectivity index (χ4v) is 6.86. The number of aromatic nitrogens is 2. The first-order valence-electron chi connectivity index (χ1n) is 7.88. The predicted molar refractivity (Wildman–Crippen MR) is 112 cm³/mol. The standard InChI is InChI=1S/C18H14N2O2S4/c21-16(22)11(9-23-17-19-12-5-1-3-7-14(12)25-17)10-24-18-20-13-6-2-4-8-15(13)26-18/h1-8,11H,9-10H2,(H,21,22). The van der Waals surface area contributed by atoms with Crippen molar-refractivity contribution < 1.29 is 9.90 Å². The number of rotatable bonds is 7. The molecule has 132 valence electrons. The molecule has 4 rings (SSSR count). The van der Waals surface area contributed by atoms with Gasteiger partial charge in [-0.1, -0.05) is 47.8 Å². The second kappa shape index (κ2) is 7.96. The first-order valence-corrected chi connectivity index (χ1v) is 11.5. The minimum absolute atomic E-state index is 0.441. The number of aliphatic carboxylic acids is 1. The Bertz CT molecular complexity index is 915. The summed E-state index contributed by atoms with van der Waals surface area (Å²) in [6.45, 7) is 0. The number of thiazole rings is 2. The Labute approximate surface area is 166 Å². The van der Waals surface area contributed by atoms with Crippen LogP contribution in [0.1, 0.15) is 0 Å². The van der Waals surface area contributed by atoms with Crippen LogP contribution in [-0.4, -0.2) is 32.5 Å². The number of nitrogens with zero attached hydrogens (tertiary/aromatic N) is 2. The summed E-state index contributed by atoms with van der Waals surface area (Å²) in [5, 5.41) is 9.55. The van der Waals surface area contributed by atoms with E-state index in [4.69, 9.17) is 0 Å². The van der Waals surface area contributed by atoms with Crippen LogP contribution >= 0.6 is 46.2 Å². The van der Waals surface area contributed by atoms with Crippen molar-refractivity contribution in [3.05, 3.63) is 48.5 Å². The molecule has 0 atom stereocenters. The SMILES string of the molecule is O=C(O)C(CSc1nc2ccccc2s1)CSc1nc2ccccc2s1. The zero-order valence-corrected chi connectivity index (χ0v) is 16.8. The average Bonchev–Trinajstić information content (AvgIpc) is 3.24. The van der Waals surface area contributed by atoms with Gasteiger partial charge in [-0.15, -0.1) is 22.7 Å². The molecule has 0 saturated carbocycles. The van der Waals surface area contributed by atoms with Gasteiger partial charge < -0.3 is 5.11 Å². The third-order valence-electron chi connectivity index (χ3n) is 3.71. The van der Waals surface area contributed by atoms with Gasteiger partial charge in [0.1, 0.15) is 0 Å².